The van der Waals surface area contributed by atoms with Gasteiger partial charge in [0.2, 0.25) is 0 Å². The van der Waals surface area contributed by atoms with Gasteiger partial charge in [-0.3, -0.25) is 0 Å². The van der Waals surface area contributed by atoms with Crippen LogP contribution < -0.4 is 10.6 Å². The molecule has 0 aromatic carbocycles. The van der Waals surface area contributed by atoms with Gasteiger partial charge in [0.05, 0.1) is 5.69 Å². The number of aromatic nitrogens is 1. The zero-order chi connectivity index (χ0) is 14.0. The van der Waals surface area contributed by atoms with Crippen LogP contribution in [0.5, 0.6) is 0 Å². The third-order valence-corrected chi connectivity index (χ3v) is 5.26. The van der Waals surface area contributed by atoms with Crippen molar-refractivity contribution in [3.8, 4) is 0 Å². The smallest absolute Gasteiger partial charge is 0.129 e. The first kappa shape index (κ1) is 13.8. The topological polar surface area (TPSA) is 42.1 Å². The zero-order valence-corrected chi connectivity index (χ0v) is 12.8. The Hall–Kier alpha value is -1.16. The molecule has 2 aliphatic rings. The van der Waals surface area contributed by atoms with Crippen molar-refractivity contribution in [1.82, 2.24) is 4.98 Å². The maximum absolute atomic E-state index is 5.67. The Morgan fingerprint density at radius 2 is 1.80 bits per heavy atom. The monoisotopic (exact) mass is 289 g/mol. The summed E-state index contributed by atoms with van der Waals surface area (Å²) in [6.45, 7) is 2.24. The Morgan fingerprint density at radius 1 is 1.10 bits per heavy atom. The van der Waals surface area contributed by atoms with Crippen LogP contribution in [0.25, 0.3) is 0 Å². The van der Waals surface area contributed by atoms with Crippen LogP contribution in [0.3, 0.4) is 0 Å². The van der Waals surface area contributed by atoms with Crippen molar-refractivity contribution in [3.05, 3.63) is 23.9 Å². The number of nitrogens with two attached hydrogens (primary N) is 1. The molecule has 2 heterocycles. The molecule has 1 aromatic rings. The maximum Gasteiger partial charge on any atom is 0.129 e. The second-order valence-electron chi connectivity index (χ2n) is 6.29. The van der Waals surface area contributed by atoms with Crippen LogP contribution in [0.1, 0.15) is 50.6 Å². The van der Waals surface area contributed by atoms with Crippen LogP contribution in [-0.2, 0) is 0 Å². The Kier molecular flexibility index (Phi) is 3.92. The molecule has 2 fully saturated rings. The van der Waals surface area contributed by atoms with E-state index in [1.165, 1.54) is 44.9 Å². The van der Waals surface area contributed by atoms with Crippen LogP contribution in [0.15, 0.2) is 18.2 Å². The third-order valence-electron chi connectivity index (χ3n) is 5.05. The van der Waals surface area contributed by atoms with E-state index in [4.69, 9.17) is 18.0 Å². The summed E-state index contributed by atoms with van der Waals surface area (Å²) >= 11 is 5.02. The fraction of sp³-hybridized carbons (Fsp3) is 0.625. The second kappa shape index (κ2) is 5.68. The van der Waals surface area contributed by atoms with Gasteiger partial charge in [-0.15, -0.1) is 0 Å². The highest BCUT2D eigenvalue weighted by atomic mass is 32.1. The van der Waals surface area contributed by atoms with Gasteiger partial charge in [0.1, 0.15) is 10.8 Å². The summed E-state index contributed by atoms with van der Waals surface area (Å²) < 4.78 is 0. The largest absolute Gasteiger partial charge is 0.388 e. The predicted octanol–water partition coefficient (Wildman–Crippen LogP) is 3.27. The van der Waals surface area contributed by atoms with Crippen molar-refractivity contribution >= 4 is 23.0 Å². The van der Waals surface area contributed by atoms with Crippen molar-refractivity contribution in [2.45, 2.75) is 44.9 Å². The molecule has 108 valence electrons. The first-order valence-electron chi connectivity index (χ1n) is 7.70. The molecule has 3 nitrogen and oxygen atoms in total. The second-order valence-corrected chi connectivity index (χ2v) is 6.73. The number of piperidine rings is 1. The summed E-state index contributed by atoms with van der Waals surface area (Å²) in [6, 6.07) is 5.96. The van der Waals surface area contributed by atoms with E-state index in [-0.39, 0.29) is 0 Å². The van der Waals surface area contributed by atoms with Crippen LogP contribution in [0.2, 0.25) is 0 Å². The summed E-state index contributed by atoms with van der Waals surface area (Å²) in [4.78, 5) is 7.36. The molecule has 1 aliphatic carbocycles. The van der Waals surface area contributed by atoms with Crippen molar-refractivity contribution < 1.29 is 0 Å². The molecule has 4 heteroatoms. The van der Waals surface area contributed by atoms with Gasteiger partial charge in [0.25, 0.3) is 0 Å². The van der Waals surface area contributed by atoms with Crippen LogP contribution in [0, 0.1) is 5.41 Å². The van der Waals surface area contributed by atoms with E-state index in [0.717, 1.165) is 24.6 Å². The molecule has 0 atom stereocenters. The van der Waals surface area contributed by atoms with E-state index in [1.54, 1.807) is 0 Å². The van der Waals surface area contributed by atoms with E-state index >= 15 is 0 Å². The molecule has 1 saturated carbocycles. The number of hydrogen-bond donors (Lipinski definition) is 1. The summed E-state index contributed by atoms with van der Waals surface area (Å²) in [6.07, 6.45) is 9.77. The van der Waals surface area contributed by atoms with Gasteiger partial charge in [-0.05, 0) is 43.2 Å². The van der Waals surface area contributed by atoms with E-state index in [1.807, 2.05) is 12.1 Å². The Labute approximate surface area is 126 Å². The quantitative estimate of drug-likeness (QED) is 0.849. The highest BCUT2D eigenvalue weighted by Crippen LogP contribution is 2.44. The first-order valence-corrected chi connectivity index (χ1v) is 8.11. The molecular formula is C16H23N3S. The standard InChI is InChI=1S/C16H23N3S/c17-15(20)13-5-4-6-14(18-13)19-11-9-16(10-12-19)7-2-1-3-8-16/h4-6H,1-3,7-12H2,(H2,17,20). The fourth-order valence-electron chi connectivity index (χ4n) is 3.75. The van der Waals surface area contributed by atoms with E-state index in [0.29, 0.717) is 10.4 Å². The Bertz CT molecular complexity index is 484. The van der Waals surface area contributed by atoms with Crippen molar-refractivity contribution in [2.75, 3.05) is 18.0 Å². The molecule has 0 radical (unpaired) electrons. The van der Waals surface area contributed by atoms with Crippen LogP contribution >= 0.6 is 12.2 Å². The lowest BCUT2D eigenvalue weighted by molar-refractivity contribution is 0.144. The molecule has 2 N–H and O–H groups in total. The van der Waals surface area contributed by atoms with Crippen molar-refractivity contribution in [2.24, 2.45) is 11.1 Å². The molecule has 1 aliphatic heterocycles. The molecular weight excluding hydrogens is 266 g/mol. The van der Waals surface area contributed by atoms with Crippen LogP contribution in [-0.4, -0.2) is 23.1 Å². The van der Waals surface area contributed by atoms with E-state index < -0.39 is 0 Å². The summed E-state index contributed by atoms with van der Waals surface area (Å²) in [5, 5.41) is 0. The number of thiocarbonyl (C=S) groups is 1. The minimum Gasteiger partial charge on any atom is -0.388 e. The SMILES string of the molecule is NC(=S)c1cccc(N2CCC3(CCCCC3)CC2)n1. The number of pyridine rings is 1. The van der Waals surface area contributed by atoms with Crippen molar-refractivity contribution in [1.29, 1.82) is 0 Å². The summed E-state index contributed by atoms with van der Waals surface area (Å²) in [7, 11) is 0. The number of anilines is 1. The van der Waals surface area contributed by atoms with Gasteiger partial charge >= 0.3 is 0 Å². The summed E-state index contributed by atoms with van der Waals surface area (Å²) in [5.41, 5.74) is 7.04. The van der Waals surface area contributed by atoms with Gasteiger partial charge in [0.15, 0.2) is 0 Å². The Morgan fingerprint density at radius 3 is 2.45 bits per heavy atom. The highest BCUT2D eigenvalue weighted by Gasteiger charge is 2.35. The average molecular weight is 289 g/mol. The van der Waals surface area contributed by atoms with Gasteiger partial charge in [0, 0.05) is 13.1 Å². The number of hydrogen-bond acceptors (Lipinski definition) is 3. The van der Waals surface area contributed by atoms with E-state index in [9.17, 15) is 0 Å². The van der Waals surface area contributed by atoms with Gasteiger partial charge in [-0.1, -0.05) is 37.5 Å². The minimum atomic E-state index is 0.382. The molecule has 0 unspecified atom stereocenters. The van der Waals surface area contributed by atoms with Crippen LogP contribution in [0.4, 0.5) is 5.82 Å². The molecule has 0 amide bonds. The minimum absolute atomic E-state index is 0.382. The normalized spacial score (nSPS) is 21.9. The highest BCUT2D eigenvalue weighted by molar-refractivity contribution is 7.80. The predicted molar refractivity (Wildman–Crippen MR) is 87.1 cm³/mol. The molecule has 1 spiro atoms. The Balaban J connectivity index is 1.68. The molecule has 3 rings (SSSR count). The van der Waals surface area contributed by atoms with Gasteiger partial charge in [-0.25, -0.2) is 4.98 Å². The molecule has 20 heavy (non-hydrogen) atoms. The van der Waals surface area contributed by atoms with Crippen molar-refractivity contribution in [3.63, 3.8) is 0 Å². The average Bonchev–Trinajstić information content (AvgIpc) is 2.49. The van der Waals surface area contributed by atoms with Gasteiger partial charge in [-0.2, -0.15) is 0 Å². The number of nitrogens with zero attached hydrogens (tertiary/aromatic N) is 2. The maximum atomic E-state index is 5.67. The first-order chi connectivity index (χ1) is 9.69. The zero-order valence-electron chi connectivity index (χ0n) is 12.0. The lowest BCUT2D eigenvalue weighted by Gasteiger charge is -2.44. The fourth-order valence-corrected chi connectivity index (χ4v) is 3.86. The third kappa shape index (κ3) is 2.80. The summed E-state index contributed by atoms with van der Waals surface area (Å²) in [5.74, 6) is 1.03. The molecule has 1 aromatic heterocycles. The lowest BCUT2D eigenvalue weighted by Crippen LogP contribution is -2.41. The lowest BCUT2D eigenvalue weighted by atomic mass is 9.68. The molecule has 1 saturated heterocycles. The number of rotatable bonds is 2. The van der Waals surface area contributed by atoms with Gasteiger partial charge < -0.3 is 10.6 Å². The molecule has 0 bridgehead atoms. The van der Waals surface area contributed by atoms with E-state index in [2.05, 4.69) is 16.0 Å².